The van der Waals surface area contributed by atoms with E-state index < -0.39 is 0 Å². The summed E-state index contributed by atoms with van der Waals surface area (Å²) in [5.41, 5.74) is 6.36. The first kappa shape index (κ1) is 11.7. The molecule has 2 rings (SSSR count). The molecule has 0 radical (unpaired) electrons. The van der Waals surface area contributed by atoms with Crippen LogP contribution < -0.4 is 11.1 Å². The molecule has 0 bridgehead atoms. The normalized spacial score (nSPS) is 15.6. The van der Waals surface area contributed by atoms with Crippen molar-refractivity contribution in [2.24, 2.45) is 0 Å². The van der Waals surface area contributed by atoms with Gasteiger partial charge in [-0.05, 0) is 12.1 Å². The first-order valence-corrected chi connectivity index (χ1v) is 5.57. The summed E-state index contributed by atoms with van der Waals surface area (Å²) in [7, 11) is 0. The lowest BCUT2D eigenvalue weighted by Crippen LogP contribution is -2.43. The highest BCUT2D eigenvalue weighted by atomic mass is 16.5. The van der Waals surface area contributed by atoms with Crippen molar-refractivity contribution in [3.8, 4) is 0 Å². The molecule has 2 heterocycles. The Morgan fingerprint density at radius 1 is 1.53 bits per heavy atom. The Kier molecular flexibility index (Phi) is 3.77. The van der Waals surface area contributed by atoms with Crippen molar-refractivity contribution >= 4 is 17.4 Å². The number of hydrogen-bond acceptors (Lipinski definition) is 5. The molecule has 1 amide bonds. The van der Waals surface area contributed by atoms with Crippen molar-refractivity contribution in [1.82, 2.24) is 9.88 Å². The van der Waals surface area contributed by atoms with Crippen molar-refractivity contribution in [1.29, 1.82) is 0 Å². The molecule has 1 aliphatic rings. The Hall–Kier alpha value is -1.82. The van der Waals surface area contributed by atoms with Gasteiger partial charge in [0.05, 0.1) is 25.4 Å². The summed E-state index contributed by atoms with van der Waals surface area (Å²) in [6.45, 7) is 2.77. The van der Waals surface area contributed by atoms with Crippen LogP contribution in [-0.2, 0) is 9.53 Å². The van der Waals surface area contributed by atoms with Gasteiger partial charge in [-0.2, -0.15) is 0 Å². The lowest BCUT2D eigenvalue weighted by Gasteiger charge is -2.27. The van der Waals surface area contributed by atoms with E-state index in [1.807, 2.05) is 0 Å². The number of rotatable bonds is 3. The summed E-state index contributed by atoms with van der Waals surface area (Å²) in [5.74, 6) is 0.457. The van der Waals surface area contributed by atoms with Gasteiger partial charge in [-0.25, -0.2) is 4.98 Å². The van der Waals surface area contributed by atoms with E-state index in [2.05, 4.69) is 10.3 Å². The number of anilines is 2. The summed E-state index contributed by atoms with van der Waals surface area (Å²) >= 11 is 0. The summed E-state index contributed by atoms with van der Waals surface area (Å²) in [6, 6.07) is 3.58. The number of ether oxygens (including phenoxy) is 1. The minimum absolute atomic E-state index is 0.0524. The first-order valence-electron chi connectivity index (χ1n) is 5.57. The van der Waals surface area contributed by atoms with E-state index in [0.717, 1.165) is 0 Å². The molecule has 3 N–H and O–H groups in total. The Labute approximate surface area is 99.8 Å². The van der Waals surface area contributed by atoms with Crippen LogP contribution >= 0.6 is 0 Å². The van der Waals surface area contributed by atoms with E-state index in [0.29, 0.717) is 37.8 Å². The maximum atomic E-state index is 11.8. The van der Waals surface area contributed by atoms with E-state index in [-0.39, 0.29) is 12.5 Å². The van der Waals surface area contributed by atoms with Crippen molar-refractivity contribution in [2.75, 3.05) is 43.9 Å². The number of nitrogens with zero attached hydrogens (tertiary/aromatic N) is 2. The van der Waals surface area contributed by atoms with Gasteiger partial charge in [0.25, 0.3) is 0 Å². The van der Waals surface area contributed by atoms with Crippen LogP contribution in [0, 0.1) is 0 Å². The number of carbonyl (C=O) groups is 1. The zero-order chi connectivity index (χ0) is 12.1. The van der Waals surface area contributed by atoms with E-state index >= 15 is 0 Å². The lowest BCUT2D eigenvalue weighted by molar-refractivity contribution is -0.133. The fourth-order valence-electron chi connectivity index (χ4n) is 1.66. The fraction of sp³-hybridized carbons (Fsp3) is 0.455. The quantitative estimate of drug-likeness (QED) is 0.768. The highest BCUT2D eigenvalue weighted by Gasteiger charge is 2.16. The third-order valence-electron chi connectivity index (χ3n) is 2.63. The Morgan fingerprint density at radius 2 is 2.29 bits per heavy atom. The molecule has 0 spiro atoms. The molecule has 0 atom stereocenters. The van der Waals surface area contributed by atoms with Crippen LogP contribution in [0.1, 0.15) is 0 Å². The molecule has 1 fully saturated rings. The first-order chi connectivity index (χ1) is 8.27. The van der Waals surface area contributed by atoms with E-state index in [9.17, 15) is 4.79 Å². The topological polar surface area (TPSA) is 80.5 Å². The van der Waals surface area contributed by atoms with Gasteiger partial charge in [0, 0.05) is 19.3 Å². The van der Waals surface area contributed by atoms with Gasteiger partial charge in [0.2, 0.25) is 5.91 Å². The lowest BCUT2D eigenvalue weighted by atomic mass is 10.3. The monoisotopic (exact) mass is 236 g/mol. The minimum atomic E-state index is 0.0524. The number of nitrogens with two attached hydrogens (primary N) is 1. The predicted molar refractivity (Wildman–Crippen MR) is 64.5 cm³/mol. The minimum Gasteiger partial charge on any atom is -0.382 e. The molecule has 6 nitrogen and oxygen atoms in total. The van der Waals surface area contributed by atoms with Gasteiger partial charge in [-0.3, -0.25) is 4.79 Å². The van der Waals surface area contributed by atoms with E-state index in [1.165, 1.54) is 0 Å². The second-order valence-corrected chi connectivity index (χ2v) is 3.78. The van der Waals surface area contributed by atoms with Gasteiger partial charge in [-0.1, -0.05) is 0 Å². The second-order valence-electron chi connectivity index (χ2n) is 3.78. The van der Waals surface area contributed by atoms with E-state index in [1.54, 1.807) is 23.2 Å². The fourth-order valence-corrected chi connectivity index (χ4v) is 1.66. The second kappa shape index (κ2) is 5.49. The van der Waals surface area contributed by atoms with Crippen LogP contribution in [0.2, 0.25) is 0 Å². The third-order valence-corrected chi connectivity index (χ3v) is 2.63. The summed E-state index contributed by atoms with van der Waals surface area (Å²) in [5, 5.41) is 2.99. The van der Waals surface area contributed by atoms with Crippen LogP contribution in [0.5, 0.6) is 0 Å². The molecule has 1 aromatic rings. The molecule has 92 valence electrons. The molecular weight excluding hydrogens is 220 g/mol. The molecule has 1 aliphatic heterocycles. The molecule has 17 heavy (non-hydrogen) atoms. The number of amides is 1. The van der Waals surface area contributed by atoms with Crippen LogP contribution in [0.25, 0.3) is 0 Å². The van der Waals surface area contributed by atoms with Crippen LogP contribution in [0.15, 0.2) is 18.3 Å². The molecular formula is C11H16N4O2. The summed E-state index contributed by atoms with van der Waals surface area (Å²) < 4.78 is 5.19. The molecule has 0 unspecified atom stereocenters. The van der Waals surface area contributed by atoms with E-state index in [4.69, 9.17) is 10.5 Å². The molecule has 0 aromatic carbocycles. The average molecular weight is 236 g/mol. The van der Waals surface area contributed by atoms with Gasteiger partial charge in [0.1, 0.15) is 5.82 Å². The SMILES string of the molecule is Nc1ncccc1NCC(=O)N1CCOCC1. The van der Waals surface area contributed by atoms with Crippen molar-refractivity contribution in [3.63, 3.8) is 0 Å². The molecule has 6 heteroatoms. The standard InChI is InChI=1S/C11H16N4O2/c12-11-9(2-1-3-13-11)14-8-10(16)15-4-6-17-7-5-15/h1-3,14H,4-8H2,(H2,12,13). The molecule has 0 saturated carbocycles. The maximum absolute atomic E-state index is 11.8. The average Bonchev–Trinajstić information content (AvgIpc) is 2.38. The van der Waals surface area contributed by atoms with Crippen molar-refractivity contribution in [3.05, 3.63) is 18.3 Å². The molecule has 0 aliphatic carbocycles. The van der Waals surface area contributed by atoms with Gasteiger partial charge < -0.3 is 20.7 Å². The van der Waals surface area contributed by atoms with Crippen LogP contribution in [0.4, 0.5) is 11.5 Å². The maximum Gasteiger partial charge on any atom is 0.242 e. The van der Waals surface area contributed by atoms with Gasteiger partial charge >= 0.3 is 0 Å². The predicted octanol–water partition coefficient (Wildman–Crippen LogP) is -0.0655. The largest absolute Gasteiger partial charge is 0.382 e. The van der Waals surface area contributed by atoms with Crippen LogP contribution in [0.3, 0.4) is 0 Å². The van der Waals surface area contributed by atoms with Crippen LogP contribution in [-0.4, -0.2) is 48.6 Å². The smallest absolute Gasteiger partial charge is 0.242 e. The van der Waals surface area contributed by atoms with Crippen molar-refractivity contribution < 1.29 is 9.53 Å². The number of nitrogens with one attached hydrogen (secondary N) is 1. The highest BCUT2D eigenvalue weighted by molar-refractivity contribution is 5.81. The third kappa shape index (κ3) is 3.07. The highest BCUT2D eigenvalue weighted by Crippen LogP contribution is 2.13. The van der Waals surface area contributed by atoms with Gasteiger partial charge in [0.15, 0.2) is 0 Å². The summed E-state index contributed by atoms with van der Waals surface area (Å²) in [6.07, 6.45) is 1.62. The Bertz CT molecular complexity index is 391. The number of hydrogen-bond donors (Lipinski definition) is 2. The van der Waals surface area contributed by atoms with Crippen molar-refractivity contribution in [2.45, 2.75) is 0 Å². The number of aromatic nitrogens is 1. The number of nitrogen functional groups attached to an aromatic ring is 1. The Morgan fingerprint density at radius 3 is 3.00 bits per heavy atom. The summed E-state index contributed by atoms with van der Waals surface area (Å²) in [4.78, 5) is 17.6. The zero-order valence-electron chi connectivity index (χ0n) is 9.56. The van der Waals surface area contributed by atoms with Gasteiger partial charge in [-0.15, -0.1) is 0 Å². The zero-order valence-corrected chi connectivity index (χ0v) is 9.56. The molecule has 1 saturated heterocycles. The Balaban J connectivity index is 1.85. The number of pyridine rings is 1. The molecule has 1 aromatic heterocycles. The number of carbonyl (C=O) groups excluding carboxylic acids is 1. The number of morpholine rings is 1.